The molecule has 1 aliphatic heterocycles. The fraction of sp³-hybridized carbons (Fsp3) is 0.308. The highest BCUT2D eigenvalue weighted by molar-refractivity contribution is 5.91. The summed E-state index contributed by atoms with van der Waals surface area (Å²) in [6.45, 7) is 0. The van der Waals surface area contributed by atoms with Gasteiger partial charge in [-0.1, -0.05) is 6.07 Å². The van der Waals surface area contributed by atoms with Crippen molar-refractivity contribution in [1.29, 1.82) is 0 Å². The van der Waals surface area contributed by atoms with Gasteiger partial charge in [0.15, 0.2) is 0 Å². The number of aryl methyl sites for hydroxylation is 2. The number of urea groups is 1. The average Bonchev–Trinajstić information content (AvgIpc) is 2.83. The topological polar surface area (TPSA) is 77.0 Å². The number of anilines is 1. The van der Waals surface area contributed by atoms with Gasteiger partial charge < -0.3 is 5.73 Å². The van der Waals surface area contributed by atoms with Crippen LogP contribution in [0.2, 0.25) is 0 Å². The molecule has 3 heterocycles. The van der Waals surface area contributed by atoms with Crippen LogP contribution in [0.15, 0.2) is 30.7 Å². The van der Waals surface area contributed by atoms with Crippen molar-refractivity contribution < 1.29 is 4.79 Å². The summed E-state index contributed by atoms with van der Waals surface area (Å²) >= 11 is 0. The summed E-state index contributed by atoms with van der Waals surface area (Å²) in [6, 6.07) is 3.29. The summed E-state index contributed by atoms with van der Waals surface area (Å²) in [5.41, 5.74) is 7.58. The van der Waals surface area contributed by atoms with E-state index in [4.69, 9.17) is 5.73 Å². The van der Waals surface area contributed by atoms with E-state index in [0.29, 0.717) is 5.82 Å². The molecule has 3 rings (SSSR count). The van der Waals surface area contributed by atoms with E-state index in [2.05, 4.69) is 10.1 Å². The fourth-order valence-electron chi connectivity index (χ4n) is 2.60. The molecule has 19 heavy (non-hydrogen) atoms. The summed E-state index contributed by atoms with van der Waals surface area (Å²) in [7, 11) is 1.85. The van der Waals surface area contributed by atoms with Gasteiger partial charge in [0, 0.05) is 25.0 Å². The first-order chi connectivity index (χ1) is 9.16. The van der Waals surface area contributed by atoms with E-state index in [1.54, 1.807) is 22.0 Å². The molecule has 0 spiro atoms. The van der Waals surface area contributed by atoms with Gasteiger partial charge in [-0.25, -0.2) is 9.78 Å². The van der Waals surface area contributed by atoms with Crippen LogP contribution in [0.3, 0.4) is 0 Å². The number of nitrogens with zero attached hydrogens (tertiary/aromatic N) is 4. The Labute approximate surface area is 110 Å². The zero-order valence-corrected chi connectivity index (χ0v) is 10.7. The molecule has 0 aliphatic carbocycles. The maximum atomic E-state index is 11.8. The molecule has 0 saturated carbocycles. The Morgan fingerprint density at radius 1 is 1.53 bits per heavy atom. The number of fused-ring (bicyclic) bond motifs is 1. The SMILES string of the molecule is Cn1cc(C2CCc3cccnc3N2C(N)=O)cn1. The van der Waals surface area contributed by atoms with Crippen LogP contribution < -0.4 is 10.6 Å². The Morgan fingerprint density at radius 3 is 3.05 bits per heavy atom. The molecule has 98 valence electrons. The van der Waals surface area contributed by atoms with E-state index >= 15 is 0 Å². The third kappa shape index (κ3) is 1.95. The highest BCUT2D eigenvalue weighted by Crippen LogP contribution is 2.36. The number of hydrogen-bond acceptors (Lipinski definition) is 3. The quantitative estimate of drug-likeness (QED) is 0.838. The Hall–Kier alpha value is -2.37. The minimum absolute atomic E-state index is 0.0893. The van der Waals surface area contributed by atoms with Gasteiger partial charge in [-0.05, 0) is 24.5 Å². The van der Waals surface area contributed by atoms with Gasteiger partial charge in [-0.15, -0.1) is 0 Å². The third-order valence-corrected chi connectivity index (χ3v) is 3.44. The Balaban J connectivity index is 2.06. The normalized spacial score (nSPS) is 18.2. The molecule has 1 unspecified atom stereocenters. The highest BCUT2D eigenvalue weighted by atomic mass is 16.2. The number of aromatic nitrogens is 3. The predicted molar refractivity (Wildman–Crippen MR) is 70.6 cm³/mol. The standard InChI is InChI=1S/C13H15N5O/c1-17-8-10(7-16-17)11-5-4-9-3-2-6-15-12(9)18(11)13(14)19/h2-3,6-8,11H,4-5H2,1H3,(H2,14,19). The average molecular weight is 257 g/mol. The number of carbonyl (C=O) groups excluding carboxylic acids is 1. The third-order valence-electron chi connectivity index (χ3n) is 3.44. The minimum Gasteiger partial charge on any atom is -0.351 e. The van der Waals surface area contributed by atoms with Crippen LogP contribution in [-0.2, 0) is 13.5 Å². The van der Waals surface area contributed by atoms with Crippen molar-refractivity contribution in [3.05, 3.63) is 41.9 Å². The van der Waals surface area contributed by atoms with Gasteiger partial charge in [0.1, 0.15) is 5.82 Å². The van der Waals surface area contributed by atoms with Crippen molar-refractivity contribution in [1.82, 2.24) is 14.8 Å². The number of carbonyl (C=O) groups is 1. The first-order valence-corrected chi connectivity index (χ1v) is 6.18. The van der Waals surface area contributed by atoms with Crippen LogP contribution in [0.1, 0.15) is 23.6 Å². The molecule has 6 nitrogen and oxygen atoms in total. The summed E-state index contributed by atoms with van der Waals surface area (Å²) in [5, 5.41) is 4.16. The lowest BCUT2D eigenvalue weighted by Crippen LogP contribution is -2.42. The van der Waals surface area contributed by atoms with Gasteiger partial charge in [-0.2, -0.15) is 5.10 Å². The Morgan fingerprint density at radius 2 is 2.37 bits per heavy atom. The van der Waals surface area contributed by atoms with Gasteiger partial charge in [0.2, 0.25) is 0 Å². The second-order valence-electron chi connectivity index (χ2n) is 4.70. The van der Waals surface area contributed by atoms with Crippen molar-refractivity contribution in [2.24, 2.45) is 12.8 Å². The van der Waals surface area contributed by atoms with E-state index in [9.17, 15) is 4.79 Å². The minimum atomic E-state index is -0.478. The molecule has 6 heteroatoms. The van der Waals surface area contributed by atoms with E-state index in [-0.39, 0.29) is 6.04 Å². The van der Waals surface area contributed by atoms with E-state index in [0.717, 1.165) is 24.0 Å². The lowest BCUT2D eigenvalue weighted by molar-refractivity contribution is 0.250. The molecule has 0 fully saturated rings. The summed E-state index contributed by atoms with van der Waals surface area (Å²) in [4.78, 5) is 17.7. The molecule has 0 aromatic carbocycles. The smallest absolute Gasteiger partial charge is 0.321 e. The predicted octanol–water partition coefficient (Wildman–Crippen LogP) is 1.39. The maximum absolute atomic E-state index is 11.8. The van der Waals surface area contributed by atoms with Crippen molar-refractivity contribution in [3.63, 3.8) is 0 Å². The largest absolute Gasteiger partial charge is 0.351 e. The van der Waals surface area contributed by atoms with Crippen LogP contribution in [0.4, 0.5) is 10.6 Å². The van der Waals surface area contributed by atoms with E-state index in [1.165, 1.54) is 0 Å². The number of amides is 2. The molecule has 0 radical (unpaired) electrons. The molecule has 1 atom stereocenters. The van der Waals surface area contributed by atoms with Gasteiger partial charge >= 0.3 is 6.03 Å². The summed E-state index contributed by atoms with van der Waals surface area (Å²) < 4.78 is 1.72. The number of primary amides is 1. The van der Waals surface area contributed by atoms with Crippen molar-refractivity contribution in [2.75, 3.05) is 4.90 Å². The Kier molecular flexibility index (Phi) is 2.70. The van der Waals surface area contributed by atoms with Gasteiger partial charge in [-0.3, -0.25) is 9.58 Å². The molecular formula is C13H15N5O. The molecule has 1 aliphatic rings. The van der Waals surface area contributed by atoms with Crippen LogP contribution in [0.25, 0.3) is 0 Å². The van der Waals surface area contributed by atoms with Gasteiger partial charge in [0.05, 0.1) is 12.2 Å². The van der Waals surface area contributed by atoms with Crippen LogP contribution in [-0.4, -0.2) is 20.8 Å². The van der Waals surface area contributed by atoms with E-state index < -0.39 is 6.03 Å². The van der Waals surface area contributed by atoms with Crippen LogP contribution >= 0.6 is 0 Å². The first kappa shape index (κ1) is 11.7. The molecular weight excluding hydrogens is 242 g/mol. The zero-order valence-electron chi connectivity index (χ0n) is 10.7. The number of hydrogen-bond donors (Lipinski definition) is 1. The van der Waals surface area contributed by atoms with Crippen LogP contribution in [0, 0.1) is 0 Å². The van der Waals surface area contributed by atoms with Gasteiger partial charge in [0.25, 0.3) is 0 Å². The summed E-state index contributed by atoms with van der Waals surface area (Å²) in [6.07, 6.45) is 7.07. The number of rotatable bonds is 1. The second-order valence-corrected chi connectivity index (χ2v) is 4.70. The van der Waals surface area contributed by atoms with Crippen molar-refractivity contribution in [2.45, 2.75) is 18.9 Å². The molecule has 0 bridgehead atoms. The number of nitrogens with two attached hydrogens (primary N) is 1. The number of pyridine rings is 1. The van der Waals surface area contributed by atoms with Crippen molar-refractivity contribution in [3.8, 4) is 0 Å². The molecule has 2 N–H and O–H groups in total. The molecule has 0 saturated heterocycles. The molecule has 2 aromatic heterocycles. The monoisotopic (exact) mass is 257 g/mol. The highest BCUT2D eigenvalue weighted by Gasteiger charge is 2.32. The fourth-order valence-corrected chi connectivity index (χ4v) is 2.60. The maximum Gasteiger partial charge on any atom is 0.321 e. The van der Waals surface area contributed by atoms with Crippen LogP contribution in [0.5, 0.6) is 0 Å². The lowest BCUT2D eigenvalue weighted by atomic mass is 9.95. The molecule has 2 amide bonds. The Bertz CT molecular complexity index is 621. The zero-order chi connectivity index (χ0) is 13.4. The second kappa shape index (κ2) is 4.38. The first-order valence-electron chi connectivity index (χ1n) is 6.18. The summed E-state index contributed by atoms with van der Waals surface area (Å²) in [5.74, 6) is 0.662. The lowest BCUT2D eigenvalue weighted by Gasteiger charge is -2.34. The van der Waals surface area contributed by atoms with E-state index in [1.807, 2.05) is 25.4 Å². The molecule has 2 aromatic rings. The van der Waals surface area contributed by atoms with Crippen molar-refractivity contribution >= 4 is 11.8 Å².